The maximum absolute atomic E-state index is 14.4. The van der Waals surface area contributed by atoms with Gasteiger partial charge in [0.2, 0.25) is 0 Å². The normalized spacial score (nSPS) is 22.4. The number of halogens is 2. The molecule has 0 bridgehead atoms. The molecule has 24 heavy (non-hydrogen) atoms. The summed E-state index contributed by atoms with van der Waals surface area (Å²) in [7, 11) is 0. The number of alkyl halides is 1. The zero-order valence-corrected chi connectivity index (χ0v) is 15.6. The fourth-order valence-corrected chi connectivity index (χ4v) is 3.09. The van der Waals surface area contributed by atoms with Crippen LogP contribution in [0.25, 0.3) is 0 Å². The maximum Gasteiger partial charge on any atom is 0.251 e. The molecular formula is C19H28ClFN2O. The number of likely N-dealkylation sites (tertiary alicyclic amines) is 1. The number of nitrogens with zero attached hydrogens (tertiary/aromatic N) is 1. The Kier molecular flexibility index (Phi) is 6.64. The second-order valence-corrected chi connectivity index (χ2v) is 8.33. The molecule has 1 heterocycles. The lowest BCUT2D eigenvalue weighted by Gasteiger charge is -2.36. The van der Waals surface area contributed by atoms with Crippen molar-refractivity contribution in [2.75, 3.05) is 26.2 Å². The van der Waals surface area contributed by atoms with Crippen LogP contribution in [0.1, 0.15) is 44.0 Å². The van der Waals surface area contributed by atoms with E-state index in [2.05, 4.69) is 31.0 Å². The van der Waals surface area contributed by atoms with Crippen LogP contribution in [-0.2, 0) is 0 Å². The average molecular weight is 355 g/mol. The van der Waals surface area contributed by atoms with Gasteiger partial charge >= 0.3 is 0 Å². The van der Waals surface area contributed by atoms with Crippen molar-refractivity contribution in [1.29, 1.82) is 0 Å². The van der Waals surface area contributed by atoms with E-state index in [0.717, 1.165) is 25.9 Å². The number of carbonyl (C=O) groups is 1. The van der Waals surface area contributed by atoms with Gasteiger partial charge in [0.1, 0.15) is 6.17 Å². The molecule has 1 N–H and O–H groups in total. The number of carbonyl (C=O) groups excluding carboxylic acids is 1. The molecule has 2 atom stereocenters. The predicted molar refractivity (Wildman–Crippen MR) is 97.3 cm³/mol. The van der Waals surface area contributed by atoms with Gasteiger partial charge in [0.05, 0.1) is 0 Å². The zero-order chi connectivity index (χ0) is 17.7. The fraction of sp³-hybridized carbons (Fsp3) is 0.632. The van der Waals surface area contributed by atoms with Crippen LogP contribution in [0.3, 0.4) is 0 Å². The predicted octanol–water partition coefficient (Wildman–Crippen LogP) is 4.17. The summed E-state index contributed by atoms with van der Waals surface area (Å²) in [4.78, 5) is 14.3. The number of nitrogens with one attached hydrogen (secondary N) is 1. The molecule has 1 aliphatic rings. The van der Waals surface area contributed by atoms with E-state index in [1.807, 2.05) is 0 Å². The Bertz CT molecular complexity index is 559. The van der Waals surface area contributed by atoms with Crippen LogP contribution in [0.4, 0.5) is 4.39 Å². The van der Waals surface area contributed by atoms with E-state index in [-0.39, 0.29) is 17.2 Å². The van der Waals surface area contributed by atoms with E-state index in [4.69, 9.17) is 11.6 Å². The van der Waals surface area contributed by atoms with Crippen LogP contribution < -0.4 is 5.32 Å². The minimum Gasteiger partial charge on any atom is -0.352 e. The van der Waals surface area contributed by atoms with Crippen molar-refractivity contribution in [3.8, 4) is 0 Å². The van der Waals surface area contributed by atoms with E-state index < -0.39 is 6.17 Å². The molecule has 3 nitrogen and oxygen atoms in total. The minimum atomic E-state index is -0.890. The second kappa shape index (κ2) is 8.30. The number of piperidine rings is 1. The summed E-state index contributed by atoms with van der Waals surface area (Å²) in [5.41, 5.74) is 0.786. The highest BCUT2D eigenvalue weighted by atomic mass is 35.5. The van der Waals surface area contributed by atoms with Crippen LogP contribution in [-0.4, -0.2) is 43.2 Å². The number of hydrogen-bond donors (Lipinski definition) is 1. The lowest BCUT2D eigenvalue weighted by atomic mass is 9.90. The smallest absolute Gasteiger partial charge is 0.251 e. The molecule has 134 valence electrons. The summed E-state index contributed by atoms with van der Waals surface area (Å²) < 4.78 is 14.4. The first-order valence-electron chi connectivity index (χ1n) is 8.65. The van der Waals surface area contributed by atoms with E-state index >= 15 is 0 Å². The summed E-state index contributed by atoms with van der Waals surface area (Å²) in [5, 5.41) is 3.37. The first kappa shape index (κ1) is 19.2. The summed E-state index contributed by atoms with van der Waals surface area (Å²) in [6.07, 6.45) is 0.954. The average Bonchev–Trinajstić information content (AvgIpc) is 2.51. The molecule has 0 aromatic heterocycles. The monoisotopic (exact) mass is 354 g/mol. The molecule has 0 unspecified atom stereocenters. The van der Waals surface area contributed by atoms with Crippen molar-refractivity contribution in [2.24, 2.45) is 11.3 Å². The van der Waals surface area contributed by atoms with Gasteiger partial charge in [-0.2, -0.15) is 0 Å². The second-order valence-electron chi connectivity index (χ2n) is 7.90. The Labute approximate surface area is 149 Å². The number of rotatable bonds is 5. The summed E-state index contributed by atoms with van der Waals surface area (Å²) in [6, 6.07) is 6.80. The first-order chi connectivity index (χ1) is 11.2. The summed E-state index contributed by atoms with van der Waals surface area (Å²) >= 11 is 5.89. The Balaban J connectivity index is 1.77. The molecule has 0 radical (unpaired) electrons. The SMILES string of the molecule is CC(C)(C)CCN1CC[C@@H](CNC(=O)c2cccc(Cl)c2)[C@@H](F)C1. The van der Waals surface area contributed by atoms with Gasteiger partial charge in [-0.05, 0) is 49.5 Å². The molecule has 1 amide bonds. The van der Waals surface area contributed by atoms with E-state index in [0.29, 0.717) is 23.7 Å². The van der Waals surface area contributed by atoms with Gasteiger partial charge in [0.15, 0.2) is 0 Å². The molecule has 1 aromatic carbocycles. The number of hydrogen-bond acceptors (Lipinski definition) is 2. The van der Waals surface area contributed by atoms with Gasteiger partial charge in [-0.1, -0.05) is 38.4 Å². The Morgan fingerprint density at radius 1 is 1.42 bits per heavy atom. The Hall–Kier alpha value is -1.13. The molecule has 1 fully saturated rings. The lowest BCUT2D eigenvalue weighted by Crippen LogP contribution is -2.46. The van der Waals surface area contributed by atoms with Gasteiger partial charge in [0, 0.05) is 29.6 Å². The highest BCUT2D eigenvalue weighted by Gasteiger charge is 2.29. The third-order valence-electron chi connectivity index (χ3n) is 4.55. The molecule has 2 rings (SSSR count). The highest BCUT2D eigenvalue weighted by molar-refractivity contribution is 6.30. The molecule has 1 aliphatic heterocycles. The van der Waals surface area contributed by atoms with Crippen molar-refractivity contribution in [2.45, 2.75) is 39.8 Å². The van der Waals surface area contributed by atoms with E-state index in [1.54, 1.807) is 24.3 Å². The lowest BCUT2D eigenvalue weighted by molar-refractivity contribution is 0.0724. The standard InChI is InChI=1S/C19H28ClFN2O/c1-19(2,3)8-10-23-9-7-15(17(21)13-23)12-22-18(24)14-5-4-6-16(20)11-14/h4-6,11,15,17H,7-10,12-13H2,1-3H3,(H,22,24)/t15-,17-/m0/s1. The van der Waals surface area contributed by atoms with Crippen molar-refractivity contribution in [3.05, 3.63) is 34.9 Å². The zero-order valence-electron chi connectivity index (χ0n) is 14.8. The van der Waals surface area contributed by atoms with E-state index in [9.17, 15) is 9.18 Å². The third-order valence-corrected chi connectivity index (χ3v) is 4.78. The molecule has 0 aliphatic carbocycles. The van der Waals surface area contributed by atoms with Crippen LogP contribution in [0, 0.1) is 11.3 Å². The molecule has 1 aromatic rings. The highest BCUT2D eigenvalue weighted by Crippen LogP contribution is 2.24. The van der Waals surface area contributed by atoms with E-state index in [1.165, 1.54) is 0 Å². The molecule has 0 saturated carbocycles. The number of amides is 1. The quantitative estimate of drug-likeness (QED) is 0.860. The Morgan fingerprint density at radius 3 is 2.79 bits per heavy atom. The molecule has 1 saturated heterocycles. The van der Waals surface area contributed by atoms with Gasteiger partial charge in [-0.3, -0.25) is 4.79 Å². The molecular weight excluding hydrogens is 327 g/mol. The first-order valence-corrected chi connectivity index (χ1v) is 9.02. The largest absolute Gasteiger partial charge is 0.352 e. The molecule has 0 spiro atoms. The van der Waals surface area contributed by atoms with Crippen LogP contribution >= 0.6 is 11.6 Å². The topological polar surface area (TPSA) is 32.3 Å². The van der Waals surface area contributed by atoms with Gasteiger partial charge in [-0.15, -0.1) is 0 Å². The van der Waals surface area contributed by atoms with Crippen molar-refractivity contribution < 1.29 is 9.18 Å². The summed E-state index contributed by atoms with van der Waals surface area (Å²) in [5.74, 6) is -0.307. The summed E-state index contributed by atoms with van der Waals surface area (Å²) in [6.45, 7) is 9.29. The Morgan fingerprint density at radius 2 is 2.17 bits per heavy atom. The van der Waals surface area contributed by atoms with Crippen molar-refractivity contribution in [3.63, 3.8) is 0 Å². The van der Waals surface area contributed by atoms with Gasteiger partial charge < -0.3 is 10.2 Å². The van der Waals surface area contributed by atoms with Crippen molar-refractivity contribution in [1.82, 2.24) is 10.2 Å². The molecule has 5 heteroatoms. The van der Waals surface area contributed by atoms with Crippen LogP contribution in [0.5, 0.6) is 0 Å². The van der Waals surface area contributed by atoms with Crippen LogP contribution in [0.15, 0.2) is 24.3 Å². The van der Waals surface area contributed by atoms with Gasteiger partial charge in [-0.25, -0.2) is 4.39 Å². The number of benzene rings is 1. The minimum absolute atomic E-state index is 0.112. The van der Waals surface area contributed by atoms with Crippen LogP contribution in [0.2, 0.25) is 5.02 Å². The van der Waals surface area contributed by atoms with Crippen molar-refractivity contribution >= 4 is 17.5 Å². The fourth-order valence-electron chi connectivity index (χ4n) is 2.90. The third kappa shape index (κ3) is 6.06. The van der Waals surface area contributed by atoms with Gasteiger partial charge in [0.25, 0.3) is 5.91 Å². The maximum atomic E-state index is 14.4.